The van der Waals surface area contributed by atoms with Crippen LogP contribution < -0.4 is 5.32 Å². The molecule has 0 saturated carbocycles. The Labute approximate surface area is 247 Å². The smallest absolute Gasteiger partial charge is 0.253 e. The number of hydrogen-bond donors (Lipinski definition) is 1. The van der Waals surface area contributed by atoms with Crippen molar-refractivity contribution in [3.8, 4) is 0 Å². The molecule has 1 fully saturated rings. The Balaban J connectivity index is 1.43. The maximum atomic E-state index is 13.9. The van der Waals surface area contributed by atoms with Crippen molar-refractivity contribution in [1.82, 2.24) is 19.4 Å². The van der Waals surface area contributed by atoms with Gasteiger partial charge in [0.1, 0.15) is 12.3 Å². The third-order valence-corrected chi connectivity index (χ3v) is 10.0. The first-order valence-electron chi connectivity index (χ1n) is 14.8. The molecule has 43 heavy (non-hydrogen) atoms. The molecule has 8 heteroatoms. The van der Waals surface area contributed by atoms with Crippen molar-refractivity contribution >= 4 is 55.4 Å². The minimum atomic E-state index is -0.980. The topological polar surface area (TPSA) is 77.7 Å². The van der Waals surface area contributed by atoms with Crippen molar-refractivity contribution in [2.45, 2.75) is 44.0 Å². The maximum absolute atomic E-state index is 13.9. The lowest BCUT2D eigenvalue weighted by Crippen LogP contribution is -2.61. The van der Waals surface area contributed by atoms with Crippen LogP contribution in [-0.4, -0.2) is 52.2 Å². The summed E-state index contributed by atoms with van der Waals surface area (Å²) in [4.78, 5) is 29.2. The van der Waals surface area contributed by atoms with Crippen LogP contribution in [0.25, 0.3) is 43.6 Å². The van der Waals surface area contributed by atoms with E-state index in [0.717, 1.165) is 54.7 Å². The van der Waals surface area contributed by atoms with Crippen LogP contribution in [0.4, 0.5) is 0 Å². The number of methoxy groups -OCH3 is 1. The lowest BCUT2D eigenvalue weighted by molar-refractivity contribution is -0.264. The number of benzene rings is 4. The number of rotatable bonds is 3. The molecule has 3 aliphatic rings. The van der Waals surface area contributed by atoms with E-state index in [-0.39, 0.29) is 17.9 Å². The molecule has 2 aromatic heterocycles. The number of para-hydroxylation sites is 2. The Morgan fingerprint density at radius 2 is 1.63 bits per heavy atom. The van der Waals surface area contributed by atoms with E-state index in [2.05, 4.69) is 45.6 Å². The van der Waals surface area contributed by atoms with Gasteiger partial charge in [0.2, 0.25) is 0 Å². The fourth-order valence-electron chi connectivity index (χ4n) is 8.33. The number of nitrogens with one attached hydrogen (secondary N) is 1. The van der Waals surface area contributed by atoms with E-state index < -0.39 is 18.1 Å². The summed E-state index contributed by atoms with van der Waals surface area (Å²) in [6.07, 6.45) is -0.386. The highest BCUT2D eigenvalue weighted by Crippen LogP contribution is 2.54. The number of likely N-dealkylation sites (N-methyl/N-ethyl adjacent to an activating group) is 1. The number of carbonyl (C=O) groups excluding carboxylic acids is 2. The van der Waals surface area contributed by atoms with Gasteiger partial charge in [0.05, 0.1) is 33.7 Å². The van der Waals surface area contributed by atoms with Crippen molar-refractivity contribution < 1.29 is 19.1 Å². The molecule has 8 nitrogen and oxygen atoms in total. The monoisotopic (exact) mass is 570 g/mol. The van der Waals surface area contributed by atoms with Crippen molar-refractivity contribution in [1.29, 1.82) is 0 Å². The van der Waals surface area contributed by atoms with Crippen LogP contribution in [0.15, 0.2) is 78.9 Å². The van der Waals surface area contributed by atoms with E-state index >= 15 is 0 Å². The van der Waals surface area contributed by atoms with E-state index in [1.807, 2.05) is 66.5 Å². The molecule has 2 amide bonds. The Morgan fingerprint density at radius 1 is 0.953 bits per heavy atom. The molecule has 5 heterocycles. The Kier molecular flexibility index (Phi) is 4.90. The highest BCUT2D eigenvalue weighted by Gasteiger charge is 2.55. The van der Waals surface area contributed by atoms with Gasteiger partial charge in [-0.15, -0.1) is 0 Å². The number of ether oxygens (including phenoxy) is 2. The number of hydrogen-bond acceptors (Lipinski definition) is 4. The van der Waals surface area contributed by atoms with Crippen molar-refractivity contribution in [2.24, 2.45) is 0 Å². The van der Waals surface area contributed by atoms with Crippen LogP contribution in [0.3, 0.4) is 0 Å². The molecule has 4 aromatic carbocycles. The van der Waals surface area contributed by atoms with Gasteiger partial charge in [-0.1, -0.05) is 54.6 Å². The average molecular weight is 571 g/mol. The average Bonchev–Trinajstić information content (AvgIpc) is 3.68. The van der Waals surface area contributed by atoms with Crippen molar-refractivity contribution in [2.75, 3.05) is 14.2 Å². The summed E-state index contributed by atoms with van der Waals surface area (Å²) >= 11 is 0. The lowest BCUT2D eigenvalue weighted by atomic mass is 9.91. The second kappa shape index (κ2) is 8.46. The van der Waals surface area contributed by atoms with Gasteiger partial charge in [0.25, 0.3) is 11.8 Å². The molecular weight excluding hydrogens is 540 g/mol. The molecule has 0 radical (unpaired) electrons. The molecule has 3 aliphatic heterocycles. The largest absolute Gasteiger partial charge is 0.374 e. The molecule has 214 valence electrons. The number of nitrogens with zero attached hydrogens (tertiary/aromatic N) is 3. The molecule has 4 atom stereocenters. The summed E-state index contributed by atoms with van der Waals surface area (Å²) in [5.74, 6) is -0.107. The minimum absolute atomic E-state index is 0.0446. The maximum Gasteiger partial charge on any atom is 0.253 e. The zero-order chi connectivity index (χ0) is 29.2. The predicted octanol–water partition coefficient (Wildman–Crippen LogP) is 5.91. The molecular formula is C35H30N4O4. The Bertz CT molecular complexity index is 2180. The summed E-state index contributed by atoms with van der Waals surface area (Å²) in [5, 5.41) is 7.24. The summed E-state index contributed by atoms with van der Waals surface area (Å²) in [6, 6.07) is 25.7. The highest BCUT2D eigenvalue weighted by atomic mass is 16.6. The second-order valence-electron chi connectivity index (χ2n) is 12.1. The van der Waals surface area contributed by atoms with E-state index in [1.54, 1.807) is 7.11 Å². The fourth-order valence-corrected chi connectivity index (χ4v) is 8.33. The summed E-state index contributed by atoms with van der Waals surface area (Å²) in [6.45, 7) is 2.56. The molecule has 6 aromatic rings. The van der Waals surface area contributed by atoms with Gasteiger partial charge in [0, 0.05) is 54.2 Å². The van der Waals surface area contributed by atoms with E-state index in [4.69, 9.17) is 9.47 Å². The standard InChI is InChI=1S/C35H30N4O4/c1-35-32(42-3)25(37(2)34(41)19-11-5-4-6-12-19)17-26(43-35)38-23-15-9-7-13-20(23)28-29-22(18-36-33(29)40)27-21-14-8-10-16-24(21)39(35)31(27)30(28)38/h4-16,25-26,32H,17-18H2,1-3H3,(H,36,40)/t25-,26-,32+,35+/m0/s1. The van der Waals surface area contributed by atoms with Gasteiger partial charge < -0.3 is 28.8 Å². The first kappa shape index (κ1) is 24.9. The zero-order valence-electron chi connectivity index (χ0n) is 24.1. The van der Waals surface area contributed by atoms with Gasteiger partial charge in [-0.05, 0) is 36.8 Å². The van der Waals surface area contributed by atoms with Gasteiger partial charge in [0.15, 0.2) is 5.72 Å². The number of aromatic nitrogens is 2. The third kappa shape index (κ3) is 2.97. The summed E-state index contributed by atoms with van der Waals surface area (Å²) in [7, 11) is 3.57. The molecule has 0 unspecified atom stereocenters. The minimum Gasteiger partial charge on any atom is -0.374 e. The van der Waals surface area contributed by atoms with Crippen molar-refractivity contribution in [3.05, 3.63) is 95.6 Å². The van der Waals surface area contributed by atoms with E-state index in [9.17, 15) is 9.59 Å². The van der Waals surface area contributed by atoms with E-state index in [0.29, 0.717) is 18.5 Å². The van der Waals surface area contributed by atoms with Crippen LogP contribution in [0.1, 0.15) is 45.9 Å². The highest BCUT2D eigenvalue weighted by molar-refractivity contribution is 6.31. The molecule has 1 saturated heterocycles. The van der Waals surface area contributed by atoms with Crippen LogP contribution in [0.2, 0.25) is 0 Å². The first-order valence-corrected chi connectivity index (χ1v) is 14.8. The van der Waals surface area contributed by atoms with Crippen LogP contribution in [0.5, 0.6) is 0 Å². The molecule has 2 bridgehead atoms. The number of fused-ring (bicyclic) bond motifs is 13. The summed E-state index contributed by atoms with van der Waals surface area (Å²) < 4.78 is 18.1. The molecule has 0 aliphatic carbocycles. The fraction of sp³-hybridized carbons (Fsp3) is 0.257. The Hall–Kier alpha value is -4.66. The molecule has 9 rings (SSSR count). The lowest BCUT2D eigenvalue weighted by Gasteiger charge is -2.50. The Morgan fingerprint density at radius 3 is 2.37 bits per heavy atom. The molecule has 0 spiro atoms. The van der Waals surface area contributed by atoms with Crippen LogP contribution >= 0.6 is 0 Å². The van der Waals surface area contributed by atoms with Crippen LogP contribution in [0, 0.1) is 0 Å². The van der Waals surface area contributed by atoms with Crippen LogP contribution in [-0.2, 0) is 21.7 Å². The quantitative estimate of drug-likeness (QED) is 0.287. The number of carbonyl (C=O) groups is 2. The number of amides is 2. The van der Waals surface area contributed by atoms with Gasteiger partial charge >= 0.3 is 0 Å². The van der Waals surface area contributed by atoms with Gasteiger partial charge in [-0.2, -0.15) is 0 Å². The zero-order valence-corrected chi connectivity index (χ0v) is 24.1. The van der Waals surface area contributed by atoms with Gasteiger partial charge in [-0.25, -0.2) is 0 Å². The normalized spacial score (nSPS) is 24.2. The predicted molar refractivity (Wildman–Crippen MR) is 165 cm³/mol. The van der Waals surface area contributed by atoms with Gasteiger partial charge in [-0.3, -0.25) is 9.59 Å². The first-order chi connectivity index (χ1) is 20.9. The van der Waals surface area contributed by atoms with Crippen molar-refractivity contribution in [3.63, 3.8) is 0 Å². The summed E-state index contributed by atoms with van der Waals surface area (Å²) in [5.41, 5.74) is 5.46. The second-order valence-corrected chi connectivity index (χ2v) is 12.1. The third-order valence-electron chi connectivity index (χ3n) is 10.0. The molecule has 1 N–H and O–H groups in total. The SMILES string of the molecule is CO[C@@H]1[C@@H](N(C)C(=O)c2ccccc2)C[C@@H]2O[C@@]1(C)n1c3ccccc3c3c4c(c5c6ccccc6n2c5c31)C(=O)NC4. The van der Waals surface area contributed by atoms with E-state index in [1.165, 1.54) is 0 Å².